The highest BCUT2D eigenvalue weighted by molar-refractivity contribution is 7.89. The van der Waals surface area contributed by atoms with E-state index in [-0.39, 0.29) is 24.3 Å². The van der Waals surface area contributed by atoms with Crippen LogP contribution in [0, 0.1) is 0 Å². The molecule has 0 bridgehead atoms. The lowest BCUT2D eigenvalue weighted by molar-refractivity contribution is -0.118. The number of carbonyl (C=O) groups is 1. The monoisotopic (exact) mass is 250 g/mol. The summed E-state index contributed by atoms with van der Waals surface area (Å²) in [4.78, 5) is 10.6. The molecule has 0 aliphatic carbocycles. The Morgan fingerprint density at radius 1 is 1.56 bits per heavy atom. The van der Waals surface area contributed by atoms with Gasteiger partial charge in [0.15, 0.2) is 0 Å². The Morgan fingerprint density at radius 2 is 2.25 bits per heavy atom. The van der Waals surface area contributed by atoms with E-state index >= 15 is 0 Å². The minimum atomic E-state index is -3.27. The zero-order valence-corrected chi connectivity index (χ0v) is 10.4. The summed E-state index contributed by atoms with van der Waals surface area (Å²) in [7, 11) is -3.27. The van der Waals surface area contributed by atoms with E-state index in [0.29, 0.717) is 19.7 Å². The average molecular weight is 250 g/mol. The van der Waals surface area contributed by atoms with Gasteiger partial charge >= 0.3 is 0 Å². The van der Waals surface area contributed by atoms with Crippen LogP contribution in [0.3, 0.4) is 0 Å². The molecule has 1 aliphatic heterocycles. The molecule has 1 unspecified atom stereocenters. The van der Waals surface area contributed by atoms with Crippen molar-refractivity contribution in [3.63, 3.8) is 0 Å². The Balaban J connectivity index is 2.46. The van der Waals surface area contributed by atoms with E-state index in [4.69, 9.17) is 4.74 Å². The molecule has 1 aliphatic rings. The first-order valence-electron chi connectivity index (χ1n) is 5.25. The van der Waals surface area contributed by atoms with Crippen molar-refractivity contribution in [2.45, 2.75) is 20.0 Å². The minimum Gasteiger partial charge on any atom is -0.376 e. The van der Waals surface area contributed by atoms with Gasteiger partial charge in [-0.2, -0.15) is 4.31 Å². The van der Waals surface area contributed by atoms with Crippen LogP contribution in [0.2, 0.25) is 0 Å². The summed E-state index contributed by atoms with van der Waals surface area (Å²) in [6, 6.07) is 0. The van der Waals surface area contributed by atoms with Gasteiger partial charge in [0.05, 0.1) is 18.5 Å². The molecule has 16 heavy (non-hydrogen) atoms. The molecule has 6 nitrogen and oxygen atoms in total. The number of carbonyl (C=O) groups excluding carboxylic acids is 1. The second kappa shape index (κ2) is 5.60. The third-order valence-electron chi connectivity index (χ3n) is 2.33. The SMILES string of the molecule is CC(=O)NCCS(=O)(=O)N1CCOC(C)C1. The van der Waals surface area contributed by atoms with E-state index < -0.39 is 10.0 Å². The van der Waals surface area contributed by atoms with E-state index in [0.717, 1.165) is 0 Å². The molecule has 0 saturated carbocycles. The number of nitrogens with zero attached hydrogens (tertiary/aromatic N) is 1. The molecule has 1 amide bonds. The molecular formula is C9H18N2O4S. The van der Waals surface area contributed by atoms with Crippen molar-refractivity contribution >= 4 is 15.9 Å². The molecule has 1 heterocycles. The highest BCUT2D eigenvalue weighted by Crippen LogP contribution is 2.09. The number of amides is 1. The van der Waals surface area contributed by atoms with Crippen molar-refractivity contribution in [2.24, 2.45) is 0 Å². The fourth-order valence-corrected chi connectivity index (χ4v) is 2.93. The lowest BCUT2D eigenvalue weighted by atomic mass is 10.3. The van der Waals surface area contributed by atoms with Gasteiger partial charge in [-0.1, -0.05) is 0 Å². The summed E-state index contributed by atoms with van der Waals surface area (Å²) in [6.45, 7) is 4.58. The van der Waals surface area contributed by atoms with Gasteiger partial charge in [-0.25, -0.2) is 8.42 Å². The van der Waals surface area contributed by atoms with Gasteiger partial charge < -0.3 is 10.1 Å². The average Bonchev–Trinajstić information content (AvgIpc) is 2.16. The van der Waals surface area contributed by atoms with Crippen LogP contribution in [0.4, 0.5) is 0 Å². The van der Waals surface area contributed by atoms with Crippen molar-refractivity contribution in [3.8, 4) is 0 Å². The molecule has 0 aromatic heterocycles. The normalized spacial score (nSPS) is 23.0. The first kappa shape index (κ1) is 13.4. The second-order valence-electron chi connectivity index (χ2n) is 3.84. The smallest absolute Gasteiger partial charge is 0.216 e. The van der Waals surface area contributed by atoms with E-state index in [1.54, 1.807) is 0 Å². The van der Waals surface area contributed by atoms with E-state index in [1.807, 2.05) is 6.92 Å². The van der Waals surface area contributed by atoms with Crippen LogP contribution in [-0.4, -0.2) is 56.7 Å². The lowest BCUT2D eigenvalue weighted by Gasteiger charge is -2.30. The highest BCUT2D eigenvalue weighted by atomic mass is 32.2. The van der Waals surface area contributed by atoms with Gasteiger partial charge in [0.25, 0.3) is 0 Å². The zero-order chi connectivity index (χ0) is 12.2. The molecule has 0 aromatic rings. The van der Waals surface area contributed by atoms with Crippen LogP contribution in [0.25, 0.3) is 0 Å². The predicted octanol–water partition coefficient (Wildman–Crippen LogP) is -0.827. The number of sulfonamides is 1. The van der Waals surface area contributed by atoms with Gasteiger partial charge in [-0.3, -0.25) is 4.79 Å². The molecule has 1 saturated heterocycles. The standard InChI is InChI=1S/C9H18N2O4S/c1-8-7-11(4-5-15-8)16(13,14)6-3-10-9(2)12/h8H,3-7H2,1-2H3,(H,10,12). The molecule has 1 rings (SSSR count). The molecule has 94 valence electrons. The summed E-state index contributed by atoms with van der Waals surface area (Å²) < 4.78 is 30.4. The maximum atomic E-state index is 11.8. The highest BCUT2D eigenvalue weighted by Gasteiger charge is 2.26. The number of hydrogen-bond acceptors (Lipinski definition) is 4. The zero-order valence-electron chi connectivity index (χ0n) is 9.60. The van der Waals surface area contributed by atoms with Crippen molar-refractivity contribution < 1.29 is 17.9 Å². The van der Waals surface area contributed by atoms with E-state index in [2.05, 4.69) is 5.32 Å². The van der Waals surface area contributed by atoms with Crippen LogP contribution in [0.1, 0.15) is 13.8 Å². The van der Waals surface area contributed by atoms with Crippen molar-refractivity contribution in [3.05, 3.63) is 0 Å². The summed E-state index contributed by atoms with van der Waals surface area (Å²) in [5, 5.41) is 2.48. The van der Waals surface area contributed by atoms with Crippen LogP contribution in [0.15, 0.2) is 0 Å². The maximum Gasteiger partial charge on any atom is 0.216 e. The Morgan fingerprint density at radius 3 is 2.81 bits per heavy atom. The Hall–Kier alpha value is -0.660. The first-order valence-corrected chi connectivity index (χ1v) is 6.86. The predicted molar refractivity (Wildman–Crippen MR) is 59.5 cm³/mol. The number of morpholine rings is 1. The Labute approximate surface area is 96.0 Å². The van der Waals surface area contributed by atoms with E-state index in [9.17, 15) is 13.2 Å². The number of nitrogens with one attached hydrogen (secondary N) is 1. The molecule has 1 atom stereocenters. The summed E-state index contributed by atoms with van der Waals surface area (Å²) >= 11 is 0. The van der Waals surface area contributed by atoms with Crippen molar-refractivity contribution in [1.82, 2.24) is 9.62 Å². The summed E-state index contributed by atoms with van der Waals surface area (Å²) in [6.07, 6.45) is -0.0655. The fourth-order valence-electron chi connectivity index (χ4n) is 1.52. The van der Waals surface area contributed by atoms with Crippen LogP contribution >= 0.6 is 0 Å². The molecule has 1 fully saturated rings. The van der Waals surface area contributed by atoms with Gasteiger partial charge in [-0.05, 0) is 6.92 Å². The number of ether oxygens (including phenoxy) is 1. The fraction of sp³-hybridized carbons (Fsp3) is 0.889. The maximum absolute atomic E-state index is 11.8. The molecule has 0 spiro atoms. The first-order chi connectivity index (χ1) is 7.42. The molecule has 0 radical (unpaired) electrons. The quantitative estimate of drug-likeness (QED) is 0.707. The van der Waals surface area contributed by atoms with Crippen LogP contribution in [0.5, 0.6) is 0 Å². The third kappa shape index (κ3) is 4.07. The lowest BCUT2D eigenvalue weighted by Crippen LogP contribution is -2.46. The third-order valence-corrected chi connectivity index (χ3v) is 4.17. The largest absolute Gasteiger partial charge is 0.376 e. The number of rotatable bonds is 4. The molecule has 1 N–H and O–H groups in total. The van der Waals surface area contributed by atoms with Gasteiger partial charge in [0, 0.05) is 26.6 Å². The van der Waals surface area contributed by atoms with Gasteiger partial charge in [0.2, 0.25) is 15.9 Å². The second-order valence-corrected chi connectivity index (χ2v) is 5.93. The van der Waals surface area contributed by atoms with Gasteiger partial charge in [-0.15, -0.1) is 0 Å². The topological polar surface area (TPSA) is 75.7 Å². The van der Waals surface area contributed by atoms with E-state index in [1.165, 1.54) is 11.2 Å². The molecular weight excluding hydrogens is 232 g/mol. The molecule has 0 aromatic carbocycles. The van der Waals surface area contributed by atoms with Crippen molar-refractivity contribution in [2.75, 3.05) is 32.0 Å². The Kier molecular flexibility index (Phi) is 4.69. The van der Waals surface area contributed by atoms with Crippen molar-refractivity contribution in [1.29, 1.82) is 0 Å². The van der Waals surface area contributed by atoms with Crippen LogP contribution < -0.4 is 5.32 Å². The van der Waals surface area contributed by atoms with Crippen LogP contribution in [-0.2, 0) is 19.6 Å². The Bertz CT molecular complexity index is 341. The van der Waals surface area contributed by atoms with Gasteiger partial charge in [0.1, 0.15) is 0 Å². The minimum absolute atomic E-state index is 0.0563. The number of hydrogen-bond donors (Lipinski definition) is 1. The summed E-state index contributed by atoms with van der Waals surface area (Å²) in [5.74, 6) is -0.273. The molecule has 7 heteroatoms. The summed E-state index contributed by atoms with van der Waals surface area (Å²) in [5.41, 5.74) is 0.